The molecule has 24 heavy (non-hydrogen) atoms. The van der Waals surface area contributed by atoms with Gasteiger partial charge in [0.1, 0.15) is 6.54 Å². The van der Waals surface area contributed by atoms with Crippen molar-refractivity contribution in [3.8, 4) is 17.2 Å². The van der Waals surface area contributed by atoms with Crippen molar-refractivity contribution >= 4 is 5.91 Å². The number of alkyl halides is 3. The van der Waals surface area contributed by atoms with Gasteiger partial charge in [0.25, 0.3) is 0 Å². The van der Waals surface area contributed by atoms with Crippen molar-refractivity contribution in [2.75, 3.05) is 34.4 Å². The number of carbonyl (C=O) groups is 1. The summed E-state index contributed by atoms with van der Waals surface area (Å²) >= 11 is 0. The first-order chi connectivity index (χ1) is 11.3. The van der Waals surface area contributed by atoms with Crippen molar-refractivity contribution in [2.24, 2.45) is 0 Å². The molecular formula is C16H20F3NO4. The van der Waals surface area contributed by atoms with Crippen molar-refractivity contribution < 1.29 is 32.2 Å². The molecule has 0 bridgehead atoms. The van der Waals surface area contributed by atoms with Crippen LogP contribution in [0.15, 0.2) is 24.8 Å². The van der Waals surface area contributed by atoms with E-state index in [4.69, 9.17) is 14.2 Å². The summed E-state index contributed by atoms with van der Waals surface area (Å²) in [5.74, 6) is 0.312. The molecule has 0 saturated carbocycles. The van der Waals surface area contributed by atoms with Crippen LogP contribution >= 0.6 is 0 Å². The Labute approximate surface area is 138 Å². The zero-order chi connectivity index (χ0) is 18.3. The predicted molar refractivity (Wildman–Crippen MR) is 82.6 cm³/mol. The van der Waals surface area contributed by atoms with E-state index >= 15 is 0 Å². The molecule has 1 aromatic carbocycles. The van der Waals surface area contributed by atoms with Crippen molar-refractivity contribution in [1.82, 2.24) is 4.90 Å². The molecule has 1 rings (SSSR count). The standard InChI is InChI=1S/C16H20F3NO4/c1-5-6-20(10-16(17,18)19)14(21)9-11-7-12(22-2)15(24-4)13(8-11)23-3/h5,7-8H,1,6,9-10H2,2-4H3. The van der Waals surface area contributed by atoms with E-state index in [0.29, 0.717) is 27.7 Å². The van der Waals surface area contributed by atoms with Crippen LogP contribution < -0.4 is 14.2 Å². The lowest BCUT2D eigenvalue weighted by Gasteiger charge is -2.23. The molecular weight excluding hydrogens is 327 g/mol. The number of benzene rings is 1. The van der Waals surface area contributed by atoms with E-state index in [1.165, 1.54) is 39.5 Å². The predicted octanol–water partition coefficient (Wildman–Crippen LogP) is 2.83. The Kier molecular flexibility index (Phi) is 6.94. The third-order valence-electron chi connectivity index (χ3n) is 3.15. The van der Waals surface area contributed by atoms with Crippen molar-refractivity contribution in [3.05, 3.63) is 30.4 Å². The van der Waals surface area contributed by atoms with Crippen molar-refractivity contribution in [2.45, 2.75) is 12.6 Å². The first-order valence-corrected chi connectivity index (χ1v) is 7.00. The molecule has 0 aliphatic carbocycles. The number of nitrogens with zero attached hydrogens (tertiary/aromatic N) is 1. The third-order valence-corrected chi connectivity index (χ3v) is 3.15. The second-order valence-corrected chi connectivity index (χ2v) is 4.89. The summed E-state index contributed by atoms with van der Waals surface area (Å²) in [6.07, 6.45) is -3.46. The van der Waals surface area contributed by atoms with Gasteiger partial charge in [-0.15, -0.1) is 6.58 Å². The summed E-state index contributed by atoms with van der Waals surface area (Å²) in [5, 5.41) is 0. The zero-order valence-corrected chi connectivity index (χ0v) is 13.8. The lowest BCUT2D eigenvalue weighted by atomic mass is 10.1. The maximum absolute atomic E-state index is 12.6. The van der Waals surface area contributed by atoms with Gasteiger partial charge in [-0.25, -0.2) is 0 Å². The van der Waals surface area contributed by atoms with Crippen LogP contribution in [-0.4, -0.2) is 51.4 Å². The molecule has 8 heteroatoms. The maximum atomic E-state index is 12.6. The number of hydrogen-bond acceptors (Lipinski definition) is 4. The first-order valence-electron chi connectivity index (χ1n) is 7.00. The lowest BCUT2D eigenvalue weighted by molar-refractivity contribution is -0.159. The molecule has 134 valence electrons. The molecule has 0 fully saturated rings. The number of halogens is 3. The molecule has 0 spiro atoms. The number of rotatable bonds is 8. The normalized spacial score (nSPS) is 10.9. The topological polar surface area (TPSA) is 48.0 Å². The summed E-state index contributed by atoms with van der Waals surface area (Å²) < 4.78 is 53.2. The molecule has 0 unspecified atom stereocenters. The van der Waals surface area contributed by atoms with E-state index in [-0.39, 0.29) is 13.0 Å². The van der Waals surface area contributed by atoms with Crippen LogP contribution in [-0.2, 0) is 11.2 Å². The summed E-state index contributed by atoms with van der Waals surface area (Å²) in [6, 6.07) is 3.05. The number of carbonyl (C=O) groups excluding carboxylic acids is 1. The van der Waals surface area contributed by atoms with Crippen molar-refractivity contribution in [3.63, 3.8) is 0 Å². The van der Waals surface area contributed by atoms with E-state index in [1.54, 1.807) is 0 Å². The van der Waals surface area contributed by atoms with Gasteiger partial charge < -0.3 is 19.1 Å². The van der Waals surface area contributed by atoms with Crippen molar-refractivity contribution in [1.29, 1.82) is 0 Å². The Morgan fingerprint density at radius 1 is 1.17 bits per heavy atom. The molecule has 0 radical (unpaired) electrons. The van der Waals surface area contributed by atoms with E-state index < -0.39 is 18.6 Å². The van der Waals surface area contributed by atoms with Gasteiger partial charge in [-0.05, 0) is 17.7 Å². The van der Waals surface area contributed by atoms with Gasteiger partial charge in [0.05, 0.1) is 27.8 Å². The average Bonchev–Trinajstić information content (AvgIpc) is 2.52. The fourth-order valence-electron chi connectivity index (χ4n) is 2.15. The Morgan fingerprint density at radius 3 is 2.08 bits per heavy atom. The monoisotopic (exact) mass is 347 g/mol. The molecule has 1 aromatic rings. The van der Waals surface area contributed by atoms with E-state index in [2.05, 4.69) is 6.58 Å². The minimum atomic E-state index is -4.48. The van der Waals surface area contributed by atoms with E-state index in [1.807, 2.05) is 0 Å². The Morgan fingerprint density at radius 2 is 1.71 bits per heavy atom. The molecule has 5 nitrogen and oxygen atoms in total. The third kappa shape index (κ3) is 5.36. The minimum absolute atomic E-state index is 0.192. The minimum Gasteiger partial charge on any atom is -0.493 e. The highest BCUT2D eigenvalue weighted by Crippen LogP contribution is 2.38. The Bertz CT molecular complexity index is 562. The van der Waals surface area contributed by atoms with Crippen LogP contribution in [0.25, 0.3) is 0 Å². The maximum Gasteiger partial charge on any atom is 0.406 e. The molecule has 0 heterocycles. The van der Waals surface area contributed by atoms with Gasteiger partial charge in [-0.3, -0.25) is 4.79 Å². The molecule has 0 N–H and O–H groups in total. The van der Waals surface area contributed by atoms with Gasteiger partial charge >= 0.3 is 6.18 Å². The molecule has 1 amide bonds. The van der Waals surface area contributed by atoms with Crippen LogP contribution in [0, 0.1) is 0 Å². The molecule has 0 aliphatic rings. The van der Waals surface area contributed by atoms with Gasteiger partial charge in [0.15, 0.2) is 11.5 Å². The highest BCUT2D eigenvalue weighted by Gasteiger charge is 2.32. The van der Waals surface area contributed by atoms with Gasteiger partial charge in [-0.2, -0.15) is 13.2 Å². The summed E-state index contributed by atoms with van der Waals surface area (Å²) in [6.45, 7) is 1.86. The van der Waals surface area contributed by atoms with Gasteiger partial charge in [0, 0.05) is 6.54 Å². The number of amides is 1. The van der Waals surface area contributed by atoms with Gasteiger partial charge in [-0.1, -0.05) is 6.08 Å². The van der Waals surface area contributed by atoms with Crippen LogP contribution in [0.4, 0.5) is 13.2 Å². The molecule has 0 aliphatic heterocycles. The van der Waals surface area contributed by atoms with Crippen LogP contribution in [0.3, 0.4) is 0 Å². The number of ether oxygens (including phenoxy) is 3. The van der Waals surface area contributed by atoms with Crippen LogP contribution in [0.2, 0.25) is 0 Å². The fraction of sp³-hybridized carbons (Fsp3) is 0.438. The largest absolute Gasteiger partial charge is 0.493 e. The Hall–Kier alpha value is -2.38. The average molecular weight is 347 g/mol. The molecule has 0 saturated heterocycles. The highest BCUT2D eigenvalue weighted by atomic mass is 19.4. The van der Waals surface area contributed by atoms with Gasteiger partial charge in [0.2, 0.25) is 11.7 Å². The fourth-order valence-corrected chi connectivity index (χ4v) is 2.15. The highest BCUT2D eigenvalue weighted by molar-refractivity contribution is 5.79. The smallest absolute Gasteiger partial charge is 0.406 e. The van der Waals surface area contributed by atoms with E-state index in [0.717, 1.165) is 0 Å². The first kappa shape index (κ1) is 19.7. The molecule has 0 aromatic heterocycles. The quantitative estimate of drug-likeness (QED) is 0.679. The second-order valence-electron chi connectivity index (χ2n) is 4.89. The summed E-state index contributed by atoms with van der Waals surface area (Å²) in [4.78, 5) is 12.9. The van der Waals surface area contributed by atoms with Crippen LogP contribution in [0.5, 0.6) is 17.2 Å². The Balaban J connectivity index is 3.05. The van der Waals surface area contributed by atoms with Crippen LogP contribution in [0.1, 0.15) is 5.56 Å². The van der Waals surface area contributed by atoms with E-state index in [9.17, 15) is 18.0 Å². The number of hydrogen-bond donors (Lipinski definition) is 0. The lowest BCUT2D eigenvalue weighted by Crippen LogP contribution is -2.39. The molecule has 0 atom stereocenters. The SMILES string of the molecule is C=CCN(CC(F)(F)F)C(=O)Cc1cc(OC)c(OC)c(OC)c1. The second kappa shape index (κ2) is 8.47. The summed E-state index contributed by atoms with van der Waals surface area (Å²) in [7, 11) is 4.26. The number of methoxy groups -OCH3 is 3. The zero-order valence-electron chi connectivity index (χ0n) is 13.8. The summed E-state index contributed by atoms with van der Waals surface area (Å²) in [5.41, 5.74) is 0.450.